The van der Waals surface area contributed by atoms with Crippen LogP contribution < -0.4 is 10.5 Å². The van der Waals surface area contributed by atoms with Crippen LogP contribution in [-0.2, 0) is 11.3 Å². The highest BCUT2D eigenvalue weighted by atomic mass is 16.6. The number of fused-ring (bicyclic) bond motifs is 2. The van der Waals surface area contributed by atoms with Gasteiger partial charge in [-0.1, -0.05) is 17.3 Å². The van der Waals surface area contributed by atoms with Crippen molar-refractivity contribution in [3.63, 3.8) is 0 Å². The zero-order valence-electron chi connectivity index (χ0n) is 10.7. The van der Waals surface area contributed by atoms with E-state index in [0.29, 0.717) is 12.5 Å². The lowest BCUT2D eigenvalue weighted by Gasteiger charge is -2.22. The van der Waals surface area contributed by atoms with Gasteiger partial charge in [0, 0.05) is 18.9 Å². The number of nitrogens with zero attached hydrogens (tertiary/aromatic N) is 2. The molecular weight excluding hydrogens is 242 g/mol. The van der Waals surface area contributed by atoms with Crippen LogP contribution in [0.2, 0.25) is 0 Å². The van der Waals surface area contributed by atoms with Crippen molar-refractivity contribution in [2.24, 2.45) is 10.9 Å². The standard InChI is InChI=1S/C14H17N3O2/c15-13-11(8-17-4-6-19-16-14(13)17)9-1-2-12-10(7-9)3-5-18-12/h1-2,7,11,13H,3-6,8,15H2/t11-,13-/m0/s1. The Balaban J connectivity index is 1.66. The van der Waals surface area contributed by atoms with E-state index in [2.05, 4.69) is 28.3 Å². The fraction of sp³-hybridized carbons (Fsp3) is 0.500. The Kier molecular flexibility index (Phi) is 2.41. The summed E-state index contributed by atoms with van der Waals surface area (Å²) < 4.78 is 5.55. The number of ether oxygens (including phenoxy) is 1. The van der Waals surface area contributed by atoms with E-state index in [4.69, 9.17) is 15.3 Å². The Morgan fingerprint density at radius 3 is 3.16 bits per heavy atom. The molecule has 4 rings (SSSR count). The van der Waals surface area contributed by atoms with Gasteiger partial charge in [-0.25, -0.2) is 0 Å². The first-order valence-corrected chi connectivity index (χ1v) is 6.79. The van der Waals surface area contributed by atoms with Crippen molar-refractivity contribution in [1.82, 2.24) is 4.90 Å². The Hall–Kier alpha value is -1.75. The van der Waals surface area contributed by atoms with Gasteiger partial charge in [-0.2, -0.15) is 0 Å². The largest absolute Gasteiger partial charge is 0.493 e. The molecule has 3 aliphatic rings. The molecular formula is C14H17N3O2. The van der Waals surface area contributed by atoms with E-state index in [1.54, 1.807) is 0 Å². The molecule has 1 aromatic carbocycles. The average molecular weight is 259 g/mol. The molecule has 3 aliphatic heterocycles. The number of oxime groups is 1. The van der Waals surface area contributed by atoms with Crippen molar-refractivity contribution in [1.29, 1.82) is 0 Å². The summed E-state index contributed by atoms with van der Waals surface area (Å²) in [6.07, 6.45) is 0.999. The smallest absolute Gasteiger partial charge is 0.162 e. The molecule has 5 nitrogen and oxygen atoms in total. The lowest BCUT2D eigenvalue weighted by Crippen LogP contribution is -2.39. The van der Waals surface area contributed by atoms with E-state index in [1.807, 2.05) is 0 Å². The van der Waals surface area contributed by atoms with Crippen molar-refractivity contribution < 1.29 is 9.57 Å². The normalized spacial score (nSPS) is 28.3. The third-order valence-corrected chi connectivity index (χ3v) is 4.22. The molecule has 0 aromatic heterocycles. The molecule has 0 spiro atoms. The Bertz CT molecular complexity index is 543. The van der Waals surface area contributed by atoms with Crippen LogP contribution >= 0.6 is 0 Å². The second kappa shape index (κ2) is 4.13. The van der Waals surface area contributed by atoms with Gasteiger partial charge in [0.05, 0.1) is 19.2 Å². The zero-order chi connectivity index (χ0) is 12.8. The van der Waals surface area contributed by atoms with E-state index in [0.717, 1.165) is 37.7 Å². The molecule has 3 heterocycles. The number of hydrogen-bond acceptors (Lipinski definition) is 5. The monoisotopic (exact) mass is 259 g/mol. The zero-order valence-corrected chi connectivity index (χ0v) is 10.7. The van der Waals surface area contributed by atoms with E-state index in [1.165, 1.54) is 11.1 Å². The molecule has 0 saturated carbocycles. The molecule has 5 heteroatoms. The maximum atomic E-state index is 6.33. The summed E-state index contributed by atoms with van der Waals surface area (Å²) in [6.45, 7) is 3.27. The van der Waals surface area contributed by atoms with Crippen LogP contribution in [0.25, 0.3) is 0 Å². The van der Waals surface area contributed by atoms with Gasteiger partial charge < -0.3 is 20.2 Å². The molecule has 0 aliphatic carbocycles. The summed E-state index contributed by atoms with van der Waals surface area (Å²) in [4.78, 5) is 7.40. The molecule has 1 fully saturated rings. The van der Waals surface area contributed by atoms with Crippen molar-refractivity contribution in [3.05, 3.63) is 29.3 Å². The number of rotatable bonds is 1. The third-order valence-electron chi connectivity index (χ3n) is 4.22. The second-order valence-electron chi connectivity index (χ2n) is 5.33. The Morgan fingerprint density at radius 1 is 1.32 bits per heavy atom. The van der Waals surface area contributed by atoms with Crippen molar-refractivity contribution >= 4 is 5.84 Å². The van der Waals surface area contributed by atoms with Crippen LogP contribution in [0.4, 0.5) is 0 Å². The minimum absolute atomic E-state index is 0.0688. The quantitative estimate of drug-likeness (QED) is 0.806. The second-order valence-corrected chi connectivity index (χ2v) is 5.33. The summed E-state index contributed by atoms with van der Waals surface area (Å²) in [7, 11) is 0. The first kappa shape index (κ1) is 11.1. The summed E-state index contributed by atoms with van der Waals surface area (Å²) >= 11 is 0. The van der Waals surface area contributed by atoms with E-state index < -0.39 is 0 Å². The lowest BCUT2D eigenvalue weighted by molar-refractivity contribution is 0.106. The van der Waals surface area contributed by atoms with Crippen LogP contribution in [0, 0.1) is 0 Å². The number of amidine groups is 1. The van der Waals surface area contributed by atoms with Crippen LogP contribution in [0.1, 0.15) is 17.0 Å². The molecule has 2 N–H and O–H groups in total. The molecule has 19 heavy (non-hydrogen) atoms. The summed E-state index contributed by atoms with van der Waals surface area (Å²) in [5.74, 6) is 2.22. The number of benzene rings is 1. The van der Waals surface area contributed by atoms with Gasteiger partial charge in [-0.05, 0) is 17.2 Å². The minimum atomic E-state index is -0.0688. The molecule has 1 saturated heterocycles. The minimum Gasteiger partial charge on any atom is -0.493 e. The van der Waals surface area contributed by atoms with Crippen LogP contribution in [0.5, 0.6) is 5.75 Å². The van der Waals surface area contributed by atoms with Gasteiger partial charge in [0.1, 0.15) is 12.4 Å². The van der Waals surface area contributed by atoms with Gasteiger partial charge >= 0.3 is 0 Å². The van der Waals surface area contributed by atoms with Gasteiger partial charge in [-0.3, -0.25) is 0 Å². The SMILES string of the molecule is N[C@@H]1C2=NOCCN2C[C@H]1c1ccc2c(c1)CCO2. The molecule has 0 bridgehead atoms. The predicted octanol–water partition coefficient (Wildman–Crippen LogP) is 0.692. The summed E-state index contributed by atoms with van der Waals surface area (Å²) in [5.41, 5.74) is 8.91. The molecule has 2 atom stereocenters. The van der Waals surface area contributed by atoms with Crippen LogP contribution in [-0.4, -0.2) is 43.1 Å². The van der Waals surface area contributed by atoms with E-state index >= 15 is 0 Å². The van der Waals surface area contributed by atoms with Gasteiger partial charge in [0.25, 0.3) is 0 Å². The fourth-order valence-corrected chi connectivity index (χ4v) is 3.17. The van der Waals surface area contributed by atoms with E-state index in [-0.39, 0.29) is 6.04 Å². The number of nitrogens with two attached hydrogens (primary N) is 1. The van der Waals surface area contributed by atoms with Gasteiger partial charge in [-0.15, -0.1) is 0 Å². The molecule has 100 valence electrons. The van der Waals surface area contributed by atoms with Gasteiger partial charge in [0.15, 0.2) is 5.84 Å². The fourth-order valence-electron chi connectivity index (χ4n) is 3.17. The first-order valence-electron chi connectivity index (χ1n) is 6.79. The van der Waals surface area contributed by atoms with Crippen LogP contribution in [0.3, 0.4) is 0 Å². The summed E-state index contributed by atoms with van der Waals surface area (Å²) in [6, 6.07) is 6.38. The Labute approximate surface area is 112 Å². The van der Waals surface area contributed by atoms with Crippen molar-refractivity contribution in [3.8, 4) is 5.75 Å². The van der Waals surface area contributed by atoms with Crippen molar-refractivity contribution in [2.75, 3.05) is 26.3 Å². The molecule has 0 radical (unpaired) electrons. The highest BCUT2D eigenvalue weighted by Crippen LogP contribution is 2.33. The third kappa shape index (κ3) is 1.69. The predicted molar refractivity (Wildman–Crippen MR) is 71.3 cm³/mol. The maximum absolute atomic E-state index is 6.33. The van der Waals surface area contributed by atoms with Crippen LogP contribution in [0.15, 0.2) is 23.4 Å². The van der Waals surface area contributed by atoms with E-state index in [9.17, 15) is 0 Å². The first-order chi connectivity index (χ1) is 9.33. The highest BCUT2D eigenvalue weighted by molar-refractivity contribution is 5.90. The van der Waals surface area contributed by atoms with Gasteiger partial charge in [0.2, 0.25) is 0 Å². The molecule has 1 aromatic rings. The summed E-state index contributed by atoms with van der Waals surface area (Å²) in [5, 5.41) is 4.11. The highest BCUT2D eigenvalue weighted by Gasteiger charge is 2.39. The molecule has 0 amide bonds. The molecule has 0 unspecified atom stereocenters. The van der Waals surface area contributed by atoms with Crippen molar-refractivity contribution in [2.45, 2.75) is 18.4 Å². The average Bonchev–Trinajstić information content (AvgIpc) is 3.03. The maximum Gasteiger partial charge on any atom is 0.162 e. The topological polar surface area (TPSA) is 60.1 Å². The Morgan fingerprint density at radius 2 is 2.26 bits per heavy atom. The number of hydrogen-bond donors (Lipinski definition) is 1. The lowest BCUT2D eigenvalue weighted by atomic mass is 9.92.